The minimum absolute atomic E-state index is 0.00874. The lowest BCUT2D eigenvalue weighted by Gasteiger charge is -2.37. The monoisotopic (exact) mass is 255 g/mol. The average Bonchev–Trinajstić information content (AvgIpc) is 2.88. The van der Waals surface area contributed by atoms with Crippen LogP contribution in [-0.2, 0) is 14.3 Å². The quantitative estimate of drug-likeness (QED) is 0.720. The van der Waals surface area contributed by atoms with Gasteiger partial charge in [-0.15, -0.1) is 0 Å². The van der Waals surface area contributed by atoms with E-state index in [1.165, 1.54) is 12.8 Å². The zero-order valence-corrected chi connectivity index (χ0v) is 11.6. The van der Waals surface area contributed by atoms with Crippen LogP contribution in [0.25, 0.3) is 0 Å². The number of rotatable bonds is 4. The molecule has 1 heterocycles. The first-order valence-corrected chi connectivity index (χ1v) is 7.21. The van der Waals surface area contributed by atoms with Gasteiger partial charge in [-0.25, -0.2) is 0 Å². The second-order valence-corrected chi connectivity index (χ2v) is 5.33. The van der Waals surface area contributed by atoms with Crippen LogP contribution in [0.4, 0.5) is 0 Å². The fraction of sp³-hybridized carbons (Fsp3) is 0.929. The highest BCUT2D eigenvalue weighted by Gasteiger charge is 2.38. The van der Waals surface area contributed by atoms with Crippen molar-refractivity contribution in [1.82, 2.24) is 4.90 Å². The standard InChI is InChI=1S/C14H25NO3/c1-3-18-14(16)13-8-5-9-15(13)11-6-4-7-12(10-11)17-2/h11-13H,3-10H2,1-2H3. The Hall–Kier alpha value is -0.610. The summed E-state index contributed by atoms with van der Waals surface area (Å²) >= 11 is 0. The SMILES string of the molecule is CCOC(=O)C1CCCN1C1CCCC(OC)C1. The number of likely N-dealkylation sites (tertiary alicyclic amines) is 1. The summed E-state index contributed by atoms with van der Waals surface area (Å²) in [7, 11) is 1.79. The Morgan fingerprint density at radius 2 is 2.11 bits per heavy atom. The van der Waals surface area contributed by atoms with Gasteiger partial charge in [-0.3, -0.25) is 9.69 Å². The molecule has 3 atom stereocenters. The van der Waals surface area contributed by atoms with Crippen molar-refractivity contribution in [3.05, 3.63) is 0 Å². The van der Waals surface area contributed by atoms with Crippen molar-refractivity contribution in [2.45, 2.75) is 63.6 Å². The maximum absolute atomic E-state index is 12.0. The van der Waals surface area contributed by atoms with Crippen LogP contribution in [0.15, 0.2) is 0 Å². The fourth-order valence-electron chi connectivity index (χ4n) is 3.35. The van der Waals surface area contributed by atoms with Crippen molar-refractivity contribution >= 4 is 5.97 Å². The van der Waals surface area contributed by atoms with Crippen molar-refractivity contribution in [2.24, 2.45) is 0 Å². The smallest absolute Gasteiger partial charge is 0.323 e. The van der Waals surface area contributed by atoms with Gasteiger partial charge in [0.1, 0.15) is 6.04 Å². The third kappa shape index (κ3) is 3.04. The molecule has 104 valence electrons. The van der Waals surface area contributed by atoms with Crippen molar-refractivity contribution in [1.29, 1.82) is 0 Å². The molecule has 0 aromatic carbocycles. The number of methoxy groups -OCH3 is 1. The number of hydrogen-bond acceptors (Lipinski definition) is 4. The summed E-state index contributed by atoms with van der Waals surface area (Å²) in [6, 6.07) is 0.492. The van der Waals surface area contributed by atoms with Gasteiger partial charge in [0.2, 0.25) is 0 Å². The van der Waals surface area contributed by atoms with Crippen LogP contribution in [0.3, 0.4) is 0 Å². The molecule has 0 aromatic rings. The van der Waals surface area contributed by atoms with Crippen LogP contribution < -0.4 is 0 Å². The molecule has 0 amide bonds. The highest BCUT2D eigenvalue weighted by atomic mass is 16.5. The van der Waals surface area contributed by atoms with Crippen LogP contribution in [0.1, 0.15) is 45.4 Å². The topological polar surface area (TPSA) is 38.8 Å². The molecular formula is C14H25NO3. The van der Waals surface area contributed by atoms with Crippen molar-refractivity contribution < 1.29 is 14.3 Å². The third-order valence-electron chi connectivity index (χ3n) is 4.25. The van der Waals surface area contributed by atoms with E-state index in [0.29, 0.717) is 18.8 Å². The van der Waals surface area contributed by atoms with E-state index in [0.717, 1.165) is 32.2 Å². The van der Waals surface area contributed by atoms with E-state index >= 15 is 0 Å². The zero-order valence-electron chi connectivity index (χ0n) is 11.6. The maximum atomic E-state index is 12.0. The van der Waals surface area contributed by atoms with E-state index in [1.807, 2.05) is 6.92 Å². The first-order chi connectivity index (χ1) is 8.76. The average molecular weight is 255 g/mol. The number of esters is 1. The lowest BCUT2D eigenvalue weighted by molar-refractivity contribution is -0.149. The molecule has 18 heavy (non-hydrogen) atoms. The molecule has 1 saturated carbocycles. The van der Waals surface area contributed by atoms with Crippen LogP contribution in [-0.4, -0.2) is 49.3 Å². The van der Waals surface area contributed by atoms with Gasteiger partial charge in [0.15, 0.2) is 0 Å². The Balaban J connectivity index is 1.95. The third-order valence-corrected chi connectivity index (χ3v) is 4.25. The molecule has 4 heteroatoms. The van der Waals surface area contributed by atoms with Crippen LogP contribution in [0.5, 0.6) is 0 Å². The van der Waals surface area contributed by atoms with Gasteiger partial charge in [0.05, 0.1) is 12.7 Å². The first-order valence-electron chi connectivity index (χ1n) is 7.21. The van der Waals surface area contributed by atoms with Gasteiger partial charge in [0.25, 0.3) is 0 Å². The number of carbonyl (C=O) groups is 1. The van der Waals surface area contributed by atoms with E-state index < -0.39 is 0 Å². The minimum atomic E-state index is -0.0328. The van der Waals surface area contributed by atoms with Gasteiger partial charge in [-0.1, -0.05) is 0 Å². The number of hydrogen-bond donors (Lipinski definition) is 0. The molecule has 3 unspecified atom stereocenters. The Labute approximate surface area is 110 Å². The largest absolute Gasteiger partial charge is 0.465 e. The summed E-state index contributed by atoms with van der Waals surface area (Å²) in [5.74, 6) is -0.0328. The van der Waals surface area contributed by atoms with Gasteiger partial charge < -0.3 is 9.47 Å². The summed E-state index contributed by atoms with van der Waals surface area (Å²) in [5.41, 5.74) is 0. The highest BCUT2D eigenvalue weighted by Crippen LogP contribution is 2.30. The number of ether oxygens (including phenoxy) is 2. The maximum Gasteiger partial charge on any atom is 0.323 e. The normalized spacial score (nSPS) is 33.6. The summed E-state index contributed by atoms with van der Waals surface area (Å²) in [5, 5.41) is 0. The Kier molecular flexibility index (Phi) is 5.01. The molecule has 0 aromatic heterocycles. The molecule has 2 rings (SSSR count). The molecule has 0 radical (unpaired) electrons. The molecule has 0 bridgehead atoms. The molecule has 0 N–H and O–H groups in total. The highest BCUT2D eigenvalue weighted by molar-refractivity contribution is 5.76. The van der Waals surface area contributed by atoms with E-state index in [9.17, 15) is 4.79 Å². The van der Waals surface area contributed by atoms with Crippen molar-refractivity contribution in [2.75, 3.05) is 20.3 Å². The summed E-state index contributed by atoms with van der Waals surface area (Å²) in [6.07, 6.45) is 7.04. The Morgan fingerprint density at radius 1 is 1.28 bits per heavy atom. The van der Waals surface area contributed by atoms with Gasteiger partial charge in [-0.2, -0.15) is 0 Å². The molecule has 1 aliphatic heterocycles. The Bertz CT molecular complexity index is 282. The van der Waals surface area contributed by atoms with Crippen LogP contribution in [0.2, 0.25) is 0 Å². The van der Waals surface area contributed by atoms with Crippen LogP contribution >= 0.6 is 0 Å². The van der Waals surface area contributed by atoms with E-state index in [-0.39, 0.29) is 12.0 Å². The molecule has 0 spiro atoms. The second kappa shape index (κ2) is 6.53. The molecule has 1 aliphatic carbocycles. The summed E-state index contributed by atoms with van der Waals surface area (Å²) in [6.45, 7) is 3.39. The summed E-state index contributed by atoms with van der Waals surface area (Å²) < 4.78 is 10.7. The van der Waals surface area contributed by atoms with Crippen LogP contribution in [0, 0.1) is 0 Å². The molecule has 4 nitrogen and oxygen atoms in total. The molecular weight excluding hydrogens is 230 g/mol. The van der Waals surface area contributed by atoms with Gasteiger partial charge in [0, 0.05) is 13.2 Å². The molecule has 1 saturated heterocycles. The molecule has 2 fully saturated rings. The minimum Gasteiger partial charge on any atom is -0.465 e. The first kappa shape index (κ1) is 13.8. The van der Waals surface area contributed by atoms with Gasteiger partial charge >= 0.3 is 5.97 Å². The second-order valence-electron chi connectivity index (χ2n) is 5.33. The van der Waals surface area contributed by atoms with E-state index in [1.54, 1.807) is 7.11 Å². The Morgan fingerprint density at radius 3 is 2.83 bits per heavy atom. The lowest BCUT2D eigenvalue weighted by Crippen LogP contribution is -2.46. The summed E-state index contributed by atoms with van der Waals surface area (Å²) in [4.78, 5) is 14.3. The van der Waals surface area contributed by atoms with Gasteiger partial charge in [-0.05, 0) is 52.0 Å². The number of nitrogens with zero attached hydrogens (tertiary/aromatic N) is 1. The number of carbonyl (C=O) groups excluding carboxylic acids is 1. The predicted octanol–water partition coefficient (Wildman–Crippen LogP) is 1.97. The zero-order chi connectivity index (χ0) is 13.0. The fourth-order valence-corrected chi connectivity index (χ4v) is 3.35. The van der Waals surface area contributed by atoms with Crippen molar-refractivity contribution in [3.63, 3.8) is 0 Å². The molecule has 2 aliphatic rings. The predicted molar refractivity (Wildman–Crippen MR) is 69.4 cm³/mol. The lowest BCUT2D eigenvalue weighted by atomic mass is 9.91. The van der Waals surface area contributed by atoms with E-state index in [2.05, 4.69) is 4.90 Å². The van der Waals surface area contributed by atoms with Crippen molar-refractivity contribution in [3.8, 4) is 0 Å². The van der Waals surface area contributed by atoms with E-state index in [4.69, 9.17) is 9.47 Å².